The average Bonchev–Trinajstić information content (AvgIpc) is 2.54. The van der Waals surface area contributed by atoms with E-state index in [1.807, 2.05) is 0 Å². The van der Waals surface area contributed by atoms with Crippen LogP contribution in [-0.2, 0) is 0 Å². The van der Waals surface area contributed by atoms with Crippen LogP contribution in [0.1, 0.15) is 5.56 Å². The van der Waals surface area contributed by atoms with Gasteiger partial charge in [-0.1, -0.05) is 0 Å². The molecule has 2 N–H and O–H groups in total. The van der Waals surface area contributed by atoms with Crippen molar-refractivity contribution in [2.75, 3.05) is 26.8 Å². The zero-order valence-electron chi connectivity index (χ0n) is 12.3. The number of nitrogens with zero attached hydrogens (tertiary/aromatic N) is 3. The fraction of sp³-hybridized carbons (Fsp3) is 0.231. The molecule has 2 rings (SSSR count). The van der Waals surface area contributed by atoms with Gasteiger partial charge in [0.2, 0.25) is 5.95 Å². The number of aromatic nitrogens is 3. The average molecular weight is 305 g/mol. The first kappa shape index (κ1) is 15.3. The largest absolute Gasteiger partial charge is 0.496 e. The fourth-order valence-electron chi connectivity index (χ4n) is 1.68. The number of hydrogen-bond acceptors (Lipinski definition) is 8. The van der Waals surface area contributed by atoms with Crippen molar-refractivity contribution in [3.05, 3.63) is 34.2 Å². The number of methoxy groups -OCH3 is 3. The normalized spacial score (nSPS) is 10.5. The minimum Gasteiger partial charge on any atom is -0.496 e. The molecule has 9 nitrogen and oxygen atoms in total. The van der Waals surface area contributed by atoms with Crippen molar-refractivity contribution in [2.24, 2.45) is 5.10 Å². The Kier molecular flexibility index (Phi) is 4.91. The lowest BCUT2D eigenvalue weighted by molar-refractivity contribution is 0.349. The summed E-state index contributed by atoms with van der Waals surface area (Å²) in [5.74, 6) is 1.76. The van der Waals surface area contributed by atoms with Crippen molar-refractivity contribution in [3.8, 4) is 17.2 Å². The molecule has 0 radical (unpaired) electrons. The predicted molar refractivity (Wildman–Crippen MR) is 80.0 cm³/mol. The highest BCUT2D eigenvalue weighted by molar-refractivity contribution is 5.85. The van der Waals surface area contributed by atoms with Crippen LogP contribution < -0.4 is 25.2 Å². The molecule has 1 aromatic heterocycles. The molecule has 0 saturated carbocycles. The van der Waals surface area contributed by atoms with Crippen LogP contribution in [0, 0.1) is 0 Å². The van der Waals surface area contributed by atoms with Gasteiger partial charge < -0.3 is 14.2 Å². The molecule has 1 aromatic carbocycles. The second-order valence-corrected chi connectivity index (χ2v) is 4.00. The molecule has 0 amide bonds. The Morgan fingerprint density at radius 3 is 2.45 bits per heavy atom. The Bertz CT molecular complexity index is 729. The molecular weight excluding hydrogens is 290 g/mol. The highest BCUT2D eigenvalue weighted by Gasteiger charge is 2.10. The number of ether oxygens (including phenoxy) is 3. The molecule has 0 spiro atoms. The van der Waals surface area contributed by atoms with Gasteiger partial charge in [0.25, 0.3) is 5.56 Å². The van der Waals surface area contributed by atoms with Gasteiger partial charge in [0.05, 0.1) is 27.5 Å². The third-order valence-electron chi connectivity index (χ3n) is 2.68. The summed E-state index contributed by atoms with van der Waals surface area (Å²) < 4.78 is 15.7. The standard InChI is InChI=1S/C13H15N5O4/c1-20-9-5-11(22-3)10(21-2)4-8(9)6-14-17-13-16-12(19)7-15-18-13/h4-7H,1-3H3,(H2,16,17,18,19)/b14-6+. The maximum Gasteiger partial charge on any atom is 0.271 e. The molecule has 0 aliphatic carbocycles. The maximum atomic E-state index is 11.1. The van der Waals surface area contributed by atoms with E-state index in [2.05, 4.69) is 25.7 Å². The summed E-state index contributed by atoms with van der Waals surface area (Å²) in [5, 5.41) is 11.1. The van der Waals surface area contributed by atoms with Gasteiger partial charge in [0.15, 0.2) is 11.5 Å². The topological polar surface area (TPSA) is 111 Å². The zero-order chi connectivity index (χ0) is 15.9. The van der Waals surface area contributed by atoms with Gasteiger partial charge in [-0.15, -0.1) is 10.2 Å². The Labute approximate surface area is 125 Å². The number of rotatable bonds is 6. The van der Waals surface area contributed by atoms with E-state index in [4.69, 9.17) is 14.2 Å². The molecule has 0 bridgehead atoms. The van der Waals surface area contributed by atoms with E-state index in [0.29, 0.717) is 22.8 Å². The van der Waals surface area contributed by atoms with Crippen LogP contribution in [0.15, 0.2) is 28.2 Å². The van der Waals surface area contributed by atoms with E-state index in [0.717, 1.165) is 6.20 Å². The second-order valence-electron chi connectivity index (χ2n) is 4.00. The van der Waals surface area contributed by atoms with Crippen LogP contribution in [0.4, 0.5) is 5.95 Å². The summed E-state index contributed by atoms with van der Waals surface area (Å²) in [6.45, 7) is 0. The van der Waals surface area contributed by atoms with Gasteiger partial charge in [-0.2, -0.15) is 5.10 Å². The molecule has 116 valence electrons. The molecule has 0 aliphatic heterocycles. The molecule has 22 heavy (non-hydrogen) atoms. The van der Waals surface area contributed by atoms with Gasteiger partial charge in [0, 0.05) is 11.6 Å². The smallest absolute Gasteiger partial charge is 0.271 e. The molecule has 9 heteroatoms. The first-order chi connectivity index (χ1) is 10.7. The number of benzene rings is 1. The molecule has 0 aliphatic rings. The molecule has 2 aromatic rings. The van der Waals surface area contributed by atoms with Crippen molar-refractivity contribution in [2.45, 2.75) is 0 Å². The number of aromatic amines is 1. The van der Waals surface area contributed by atoms with Gasteiger partial charge in [0.1, 0.15) is 11.9 Å². The van der Waals surface area contributed by atoms with Crippen molar-refractivity contribution >= 4 is 12.2 Å². The highest BCUT2D eigenvalue weighted by Crippen LogP contribution is 2.33. The van der Waals surface area contributed by atoms with E-state index in [9.17, 15) is 4.79 Å². The number of anilines is 1. The summed E-state index contributed by atoms with van der Waals surface area (Å²) in [6, 6.07) is 3.40. The SMILES string of the molecule is COc1cc(OC)c(OC)cc1/C=N/Nc1nncc(=O)[nH]1. The monoisotopic (exact) mass is 305 g/mol. The Balaban J connectivity index is 2.24. The summed E-state index contributed by atoms with van der Waals surface area (Å²) in [4.78, 5) is 13.5. The van der Waals surface area contributed by atoms with Crippen molar-refractivity contribution in [3.63, 3.8) is 0 Å². The van der Waals surface area contributed by atoms with Crippen LogP contribution in [-0.4, -0.2) is 42.7 Å². The van der Waals surface area contributed by atoms with Crippen molar-refractivity contribution in [1.82, 2.24) is 15.2 Å². The molecule has 0 saturated heterocycles. The minimum absolute atomic E-state index is 0.128. The number of hydrazone groups is 1. The van der Waals surface area contributed by atoms with E-state index in [1.54, 1.807) is 12.1 Å². The van der Waals surface area contributed by atoms with Gasteiger partial charge in [-0.05, 0) is 6.07 Å². The van der Waals surface area contributed by atoms with Crippen LogP contribution in [0.3, 0.4) is 0 Å². The summed E-state index contributed by atoms with van der Waals surface area (Å²) in [7, 11) is 4.61. The maximum absolute atomic E-state index is 11.1. The molecule has 1 heterocycles. The molecule has 0 fully saturated rings. The van der Waals surface area contributed by atoms with Crippen LogP contribution in [0.25, 0.3) is 0 Å². The lowest BCUT2D eigenvalue weighted by Gasteiger charge is -2.11. The first-order valence-electron chi connectivity index (χ1n) is 6.19. The number of hydrogen-bond donors (Lipinski definition) is 2. The van der Waals surface area contributed by atoms with Crippen LogP contribution in [0.2, 0.25) is 0 Å². The van der Waals surface area contributed by atoms with Crippen LogP contribution in [0.5, 0.6) is 17.2 Å². The summed E-state index contributed by atoms with van der Waals surface area (Å²) in [6.07, 6.45) is 2.56. The van der Waals surface area contributed by atoms with Gasteiger partial charge in [-0.25, -0.2) is 5.43 Å². The molecular formula is C13H15N5O4. The van der Waals surface area contributed by atoms with Crippen molar-refractivity contribution < 1.29 is 14.2 Å². The summed E-state index contributed by atoms with van der Waals surface area (Å²) >= 11 is 0. The quantitative estimate of drug-likeness (QED) is 0.595. The Hall–Kier alpha value is -3.10. The third kappa shape index (κ3) is 3.51. The van der Waals surface area contributed by atoms with E-state index in [1.165, 1.54) is 27.5 Å². The number of H-pyrrole nitrogens is 1. The van der Waals surface area contributed by atoms with Crippen LogP contribution >= 0.6 is 0 Å². The zero-order valence-corrected chi connectivity index (χ0v) is 12.3. The van der Waals surface area contributed by atoms with Gasteiger partial charge in [-0.3, -0.25) is 9.78 Å². The third-order valence-corrected chi connectivity index (χ3v) is 2.68. The highest BCUT2D eigenvalue weighted by atomic mass is 16.5. The van der Waals surface area contributed by atoms with E-state index in [-0.39, 0.29) is 11.5 Å². The lowest BCUT2D eigenvalue weighted by Crippen LogP contribution is -2.10. The molecule has 0 atom stereocenters. The fourth-order valence-corrected chi connectivity index (χ4v) is 1.68. The van der Waals surface area contributed by atoms with Gasteiger partial charge >= 0.3 is 0 Å². The Morgan fingerprint density at radius 2 is 1.82 bits per heavy atom. The van der Waals surface area contributed by atoms with Crippen molar-refractivity contribution in [1.29, 1.82) is 0 Å². The molecule has 0 unspecified atom stereocenters. The van der Waals surface area contributed by atoms with E-state index < -0.39 is 0 Å². The minimum atomic E-state index is -0.378. The predicted octanol–water partition coefficient (Wildman–Crippen LogP) is 0.637. The van der Waals surface area contributed by atoms with E-state index >= 15 is 0 Å². The summed E-state index contributed by atoms with van der Waals surface area (Å²) in [5.41, 5.74) is 2.84. The number of nitrogens with one attached hydrogen (secondary N) is 2. The first-order valence-corrected chi connectivity index (χ1v) is 6.19. The Morgan fingerprint density at radius 1 is 1.14 bits per heavy atom. The lowest BCUT2D eigenvalue weighted by atomic mass is 10.2. The second kappa shape index (κ2) is 7.07.